The smallest absolute Gasteiger partial charge is 0.0529 e. The van der Waals surface area contributed by atoms with E-state index in [9.17, 15) is 0 Å². The molecular formula is C27H20S. The van der Waals surface area contributed by atoms with E-state index >= 15 is 0 Å². The normalized spacial score (nSPS) is 22.4. The fourth-order valence-corrected chi connectivity index (χ4v) is 6.10. The Labute approximate surface area is 169 Å². The van der Waals surface area contributed by atoms with Crippen molar-refractivity contribution in [2.75, 3.05) is 0 Å². The number of hydrogen-bond donors (Lipinski definition) is 0. The Morgan fingerprint density at radius 1 is 0.786 bits per heavy atom. The molecule has 2 aliphatic carbocycles. The zero-order valence-electron chi connectivity index (χ0n) is 15.5. The molecule has 134 valence electrons. The van der Waals surface area contributed by atoms with Gasteiger partial charge >= 0.3 is 0 Å². The fraction of sp³-hybridized carbons (Fsp3) is 0.111. The van der Waals surface area contributed by atoms with Crippen LogP contribution in [0.5, 0.6) is 0 Å². The average Bonchev–Trinajstić information content (AvgIpc) is 3.34. The van der Waals surface area contributed by atoms with Crippen LogP contribution in [0.15, 0.2) is 102 Å². The van der Waals surface area contributed by atoms with E-state index in [1.54, 1.807) is 0 Å². The molecule has 0 saturated heterocycles. The summed E-state index contributed by atoms with van der Waals surface area (Å²) in [6, 6.07) is 27.3. The first kappa shape index (κ1) is 16.1. The van der Waals surface area contributed by atoms with Crippen LogP contribution >= 0.6 is 11.3 Å². The van der Waals surface area contributed by atoms with Crippen LogP contribution in [0.2, 0.25) is 0 Å². The Balaban J connectivity index is 1.78. The maximum absolute atomic E-state index is 2.46. The van der Waals surface area contributed by atoms with Gasteiger partial charge in [0.1, 0.15) is 0 Å². The fourth-order valence-electron chi connectivity index (χ4n) is 5.29. The second-order valence-corrected chi connectivity index (χ2v) is 8.68. The molecular weight excluding hydrogens is 356 g/mol. The van der Waals surface area contributed by atoms with Crippen LogP contribution in [0, 0.1) is 5.92 Å². The number of hydrogen-bond acceptors (Lipinski definition) is 1. The summed E-state index contributed by atoms with van der Waals surface area (Å²) < 4.78 is 1.37. The molecule has 0 fully saturated rings. The predicted octanol–water partition coefficient (Wildman–Crippen LogP) is 7.35. The highest BCUT2D eigenvalue weighted by Crippen LogP contribution is 2.58. The lowest BCUT2D eigenvalue weighted by Crippen LogP contribution is -2.35. The monoisotopic (exact) mass is 376 g/mol. The molecule has 0 aliphatic heterocycles. The molecule has 0 nitrogen and oxygen atoms in total. The maximum Gasteiger partial charge on any atom is 0.0529 e. The lowest BCUT2D eigenvalue weighted by molar-refractivity contribution is 0.458. The molecule has 0 N–H and O–H groups in total. The lowest BCUT2D eigenvalue weighted by atomic mass is 9.62. The topological polar surface area (TPSA) is 0 Å². The van der Waals surface area contributed by atoms with E-state index in [4.69, 9.17) is 0 Å². The van der Waals surface area contributed by atoms with Crippen molar-refractivity contribution in [1.82, 2.24) is 0 Å². The summed E-state index contributed by atoms with van der Waals surface area (Å²) in [5.74, 6) is 0.401. The molecule has 1 heteroatoms. The third-order valence-electron chi connectivity index (χ3n) is 6.43. The first-order valence-electron chi connectivity index (χ1n) is 9.89. The summed E-state index contributed by atoms with van der Waals surface area (Å²) in [5, 5.41) is 3.56. The van der Waals surface area contributed by atoms with Gasteiger partial charge in [-0.15, -0.1) is 11.3 Å². The molecule has 2 atom stereocenters. The van der Waals surface area contributed by atoms with Gasteiger partial charge in [0, 0.05) is 4.70 Å². The number of benzene rings is 3. The minimum absolute atomic E-state index is 0.148. The van der Waals surface area contributed by atoms with Gasteiger partial charge in [0.15, 0.2) is 0 Å². The van der Waals surface area contributed by atoms with E-state index in [0.717, 1.165) is 6.42 Å². The van der Waals surface area contributed by atoms with Crippen LogP contribution in [0.3, 0.4) is 0 Å². The highest BCUT2D eigenvalue weighted by Gasteiger charge is 2.49. The zero-order chi connectivity index (χ0) is 18.6. The molecule has 0 saturated carbocycles. The molecule has 2 unspecified atom stereocenters. The van der Waals surface area contributed by atoms with Crippen LogP contribution in [0.1, 0.15) is 23.1 Å². The summed E-state index contributed by atoms with van der Waals surface area (Å²) in [7, 11) is 0. The van der Waals surface area contributed by atoms with E-state index in [-0.39, 0.29) is 5.41 Å². The van der Waals surface area contributed by atoms with Gasteiger partial charge in [-0.2, -0.15) is 0 Å². The molecule has 2 aliphatic rings. The van der Waals surface area contributed by atoms with Crippen molar-refractivity contribution in [2.24, 2.45) is 5.92 Å². The third-order valence-corrected chi connectivity index (χ3v) is 7.31. The molecule has 0 radical (unpaired) electrons. The lowest BCUT2D eigenvalue weighted by Gasteiger charge is -2.39. The van der Waals surface area contributed by atoms with E-state index < -0.39 is 0 Å². The van der Waals surface area contributed by atoms with Crippen LogP contribution < -0.4 is 0 Å². The second-order valence-electron chi connectivity index (χ2n) is 7.73. The van der Waals surface area contributed by atoms with Crippen LogP contribution in [0.25, 0.3) is 21.2 Å². The zero-order valence-corrected chi connectivity index (χ0v) is 16.3. The van der Waals surface area contributed by atoms with E-state index in [1.165, 1.54) is 37.9 Å². The molecule has 3 aromatic carbocycles. The van der Waals surface area contributed by atoms with Gasteiger partial charge in [0.2, 0.25) is 0 Å². The molecule has 1 aromatic heterocycles. The van der Waals surface area contributed by atoms with Crippen molar-refractivity contribution in [3.05, 3.63) is 119 Å². The highest BCUT2D eigenvalue weighted by atomic mass is 32.1. The molecule has 0 amide bonds. The highest BCUT2D eigenvalue weighted by molar-refractivity contribution is 7.17. The van der Waals surface area contributed by atoms with Gasteiger partial charge in [0.25, 0.3) is 0 Å². The molecule has 0 spiro atoms. The van der Waals surface area contributed by atoms with Gasteiger partial charge in [-0.05, 0) is 69.1 Å². The standard InChI is InChI=1S/C27H20S/c1-3-9-20(10-4-1)27(21-11-5-2-6-12-21)24-14-8-7-13-22(24)23-18-26-19(15-16-28-26)17-25(23)27/h1-11,13-18,21H,12H2. The molecule has 4 aromatic rings. The van der Waals surface area contributed by atoms with Gasteiger partial charge in [-0.25, -0.2) is 0 Å². The third kappa shape index (κ3) is 2.05. The van der Waals surface area contributed by atoms with Crippen LogP contribution in [0.4, 0.5) is 0 Å². The minimum atomic E-state index is -0.148. The van der Waals surface area contributed by atoms with Crippen LogP contribution in [-0.2, 0) is 5.41 Å². The Hall–Kier alpha value is -2.90. The van der Waals surface area contributed by atoms with Gasteiger partial charge < -0.3 is 0 Å². The van der Waals surface area contributed by atoms with Crippen molar-refractivity contribution in [1.29, 1.82) is 0 Å². The van der Waals surface area contributed by atoms with E-state index in [2.05, 4.69) is 102 Å². The predicted molar refractivity (Wildman–Crippen MR) is 120 cm³/mol. The molecule has 1 heterocycles. The molecule has 0 bridgehead atoms. The Morgan fingerprint density at radius 3 is 2.50 bits per heavy atom. The average molecular weight is 377 g/mol. The summed E-state index contributed by atoms with van der Waals surface area (Å²) in [4.78, 5) is 0. The van der Waals surface area contributed by atoms with Gasteiger partial charge in [-0.1, -0.05) is 78.9 Å². The van der Waals surface area contributed by atoms with Gasteiger partial charge in [-0.3, -0.25) is 0 Å². The SMILES string of the molecule is C1=CCC(C2(c3ccccc3)c3ccccc3-c3cc4sccc4cc32)C=C1. The van der Waals surface area contributed by atoms with Crippen molar-refractivity contribution in [3.63, 3.8) is 0 Å². The minimum Gasteiger partial charge on any atom is -0.144 e. The van der Waals surface area contributed by atoms with Crippen molar-refractivity contribution in [3.8, 4) is 11.1 Å². The summed E-state index contributed by atoms with van der Waals surface area (Å²) in [6.45, 7) is 0. The number of fused-ring (bicyclic) bond motifs is 4. The Morgan fingerprint density at radius 2 is 1.64 bits per heavy atom. The van der Waals surface area contributed by atoms with E-state index in [0.29, 0.717) is 5.92 Å². The van der Waals surface area contributed by atoms with Crippen LogP contribution in [-0.4, -0.2) is 0 Å². The molecule has 6 rings (SSSR count). The molecule has 28 heavy (non-hydrogen) atoms. The number of thiophene rings is 1. The van der Waals surface area contributed by atoms with Crippen molar-refractivity contribution < 1.29 is 0 Å². The Bertz CT molecular complexity index is 1240. The summed E-state index contributed by atoms with van der Waals surface area (Å²) in [5.41, 5.74) is 6.93. The largest absolute Gasteiger partial charge is 0.144 e. The number of allylic oxidation sites excluding steroid dienone is 4. The van der Waals surface area contributed by atoms with Gasteiger partial charge in [0.05, 0.1) is 5.41 Å². The second kappa shape index (κ2) is 6.05. The quantitative estimate of drug-likeness (QED) is 0.343. The first-order valence-corrected chi connectivity index (χ1v) is 10.8. The first-order chi connectivity index (χ1) is 13.9. The van der Waals surface area contributed by atoms with Crippen molar-refractivity contribution in [2.45, 2.75) is 11.8 Å². The Kier molecular flexibility index (Phi) is 3.48. The number of rotatable bonds is 2. The summed E-state index contributed by atoms with van der Waals surface area (Å²) >= 11 is 1.83. The summed E-state index contributed by atoms with van der Waals surface area (Å²) in [6.07, 6.45) is 10.2. The van der Waals surface area contributed by atoms with E-state index in [1.807, 2.05) is 11.3 Å². The maximum atomic E-state index is 2.46. The van der Waals surface area contributed by atoms with Crippen molar-refractivity contribution >= 4 is 21.4 Å².